The molecule has 2 N–H and O–H groups in total. The molecule has 2 saturated heterocycles. The summed E-state index contributed by atoms with van der Waals surface area (Å²) in [7, 11) is 0. The largest absolute Gasteiger partial charge is 0.490 e. The van der Waals surface area contributed by atoms with Gasteiger partial charge in [0.15, 0.2) is 0 Å². The number of hydrogen-bond donors (Lipinski definition) is 2. The van der Waals surface area contributed by atoms with Crippen LogP contribution >= 0.6 is 11.6 Å². The predicted octanol–water partition coefficient (Wildman–Crippen LogP) is 3.98. The molecule has 0 saturated carbocycles. The van der Waals surface area contributed by atoms with Crippen LogP contribution in [0, 0.1) is 0 Å². The SMILES string of the molecule is O=C(O)C(F)(F)F.O=C(O)C(F)(F)F.O=C(c1cccc(Cl)c1)N1CCN2C[C@H](Oc3cccnc3)C[C@H]2C1. The Morgan fingerprint density at radius 1 is 0.949 bits per heavy atom. The number of carboxylic acids is 2. The summed E-state index contributed by atoms with van der Waals surface area (Å²) in [5, 5.41) is 14.8. The van der Waals surface area contributed by atoms with E-state index in [9.17, 15) is 31.1 Å². The van der Waals surface area contributed by atoms with Crippen LogP contribution in [-0.2, 0) is 9.59 Å². The van der Waals surface area contributed by atoms with Crippen molar-refractivity contribution in [2.24, 2.45) is 0 Å². The van der Waals surface area contributed by atoms with Crippen LogP contribution in [0.2, 0.25) is 5.02 Å². The lowest BCUT2D eigenvalue weighted by atomic mass is 10.1. The minimum atomic E-state index is -5.08. The minimum Gasteiger partial charge on any atom is -0.487 e. The topological polar surface area (TPSA) is 120 Å². The van der Waals surface area contributed by atoms with Crippen LogP contribution in [0.25, 0.3) is 0 Å². The van der Waals surface area contributed by atoms with E-state index < -0.39 is 24.3 Å². The average Bonchev–Trinajstić information content (AvgIpc) is 3.25. The van der Waals surface area contributed by atoms with Gasteiger partial charge < -0.3 is 19.8 Å². The molecule has 16 heteroatoms. The van der Waals surface area contributed by atoms with Crippen molar-refractivity contribution in [1.29, 1.82) is 0 Å². The number of hydrogen-bond acceptors (Lipinski definition) is 6. The van der Waals surface area contributed by atoms with Gasteiger partial charge in [0.1, 0.15) is 11.9 Å². The van der Waals surface area contributed by atoms with Gasteiger partial charge in [-0.1, -0.05) is 17.7 Å². The fourth-order valence-electron chi connectivity index (χ4n) is 3.68. The van der Waals surface area contributed by atoms with Crippen molar-refractivity contribution in [2.75, 3.05) is 26.2 Å². The van der Waals surface area contributed by atoms with Crippen LogP contribution in [0.4, 0.5) is 26.3 Å². The summed E-state index contributed by atoms with van der Waals surface area (Å²) in [6.07, 6.45) is -5.61. The molecule has 0 spiro atoms. The Labute approximate surface area is 222 Å². The summed E-state index contributed by atoms with van der Waals surface area (Å²) in [4.78, 5) is 39.0. The van der Waals surface area contributed by atoms with Crippen LogP contribution in [0.1, 0.15) is 16.8 Å². The first kappa shape index (κ1) is 31.6. The summed E-state index contributed by atoms with van der Waals surface area (Å²) >= 11 is 6.01. The van der Waals surface area contributed by atoms with E-state index in [0.29, 0.717) is 16.6 Å². The molecular weight excluding hydrogens is 564 g/mol. The fraction of sp³-hybridized carbons (Fsp3) is 0.391. The van der Waals surface area contributed by atoms with Gasteiger partial charge in [-0.3, -0.25) is 14.7 Å². The number of piperazine rings is 1. The van der Waals surface area contributed by atoms with Crippen molar-refractivity contribution < 1.29 is 55.7 Å². The van der Waals surface area contributed by atoms with E-state index in [1.807, 2.05) is 29.2 Å². The number of fused-ring (bicyclic) bond motifs is 1. The van der Waals surface area contributed by atoms with Crippen molar-refractivity contribution in [3.05, 3.63) is 59.4 Å². The zero-order chi connectivity index (χ0) is 29.4. The van der Waals surface area contributed by atoms with Gasteiger partial charge in [-0.05, 0) is 30.3 Å². The standard InChI is InChI=1S/C19H20ClN3O2.2C2HF3O2/c20-15-4-1-3-14(9-15)19(24)23-8-7-22-13-18(10-16(22)12-23)25-17-5-2-6-21-11-17;2*3-2(4,5)1(6)7/h1-6,9,11,16,18H,7-8,10,12-13H2;2*(H,6,7)/t16-,18+;;/m0../s1. The monoisotopic (exact) mass is 585 g/mol. The summed E-state index contributed by atoms with van der Waals surface area (Å²) in [5.41, 5.74) is 0.655. The van der Waals surface area contributed by atoms with E-state index >= 15 is 0 Å². The molecule has 2 fully saturated rings. The number of amides is 1. The molecule has 0 aliphatic carbocycles. The maximum atomic E-state index is 12.7. The molecule has 2 atom stereocenters. The van der Waals surface area contributed by atoms with Gasteiger partial charge in [0.25, 0.3) is 5.91 Å². The Balaban J connectivity index is 0.000000317. The molecule has 0 bridgehead atoms. The Morgan fingerprint density at radius 3 is 2.08 bits per heavy atom. The van der Waals surface area contributed by atoms with Gasteiger partial charge in [0.05, 0.1) is 6.20 Å². The quantitative estimate of drug-likeness (QED) is 0.519. The summed E-state index contributed by atoms with van der Waals surface area (Å²) < 4.78 is 69.5. The number of nitrogens with zero attached hydrogens (tertiary/aromatic N) is 3. The number of carbonyl (C=O) groups excluding carboxylic acids is 1. The number of benzene rings is 1. The Bertz CT molecular complexity index is 1110. The van der Waals surface area contributed by atoms with Gasteiger partial charge in [-0.25, -0.2) is 9.59 Å². The molecular formula is C23H22ClF6N3O6. The van der Waals surface area contributed by atoms with Crippen molar-refractivity contribution in [3.63, 3.8) is 0 Å². The molecule has 39 heavy (non-hydrogen) atoms. The highest BCUT2D eigenvalue weighted by Crippen LogP contribution is 2.26. The van der Waals surface area contributed by atoms with Gasteiger partial charge in [0.2, 0.25) is 0 Å². The highest BCUT2D eigenvalue weighted by molar-refractivity contribution is 6.30. The van der Waals surface area contributed by atoms with E-state index in [1.54, 1.807) is 24.5 Å². The molecule has 1 aromatic carbocycles. The van der Waals surface area contributed by atoms with Gasteiger partial charge in [-0.15, -0.1) is 0 Å². The maximum absolute atomic E-state index is 12.7. The second-order valence-corrected chi connectivity index (χ2v) is 8.62. The third-order valence-corrected chi connectivity index (χ3v) is 5.59. The third kappa shape index (κ3) is 10.2. The Kier molecular flexibility index (Phi) is 10.9. The first-order valence-electron chi connectivity index (χ1n) is 11.0. The van der Waals surface area contributed by atoms with Crippen molar-refractivity contribution in [2.45, 2.75) is 30.9 Å². The second kappa shape index (κ2) is 13.5. The molecule has 0 unspecified atom stereocenters. The Morgan fingerprint density at radius 2 is 1.56 bits per heavy atom. The van der Waals surface area contributed by atoms with Crippen molar-refractivity contribution >= 4 is 29.4 Å². The highest BCUT2D eigenvalue weighted by Gasteiger charge is 2.39. The van der Waals surface area contributed by atoms with E-state index in [-0.39, 0.29) is 12.0 Å². The molecule has 2 aromatic rings. The zero-order valence-electron chi connectivity index (χ0n) is 19.8. The molecule has 9 nitrogen and oxygen atoms in total. The molecule has 1 aromatic heterocycles. The highest BCUT2D eigenvalue weighted by atomic mass is 35.5. The minimum absolute atomic E-state index is 0.0544. The molecule has 4 rings (SSSR count). The van der Waals surface area contributed by atoms with Gasteiger partial charge in [0, 0.05) is 55.4 Å². The van der Waals surface area contributed by atoms with E-state index in [4.69, 9.17) is 36.1 Å². The molecule has 214 valence electrons. The average molecular weight is 586 g/mol. The van der Waals surface area contributed by atoms with Gasteiger partial charge in [-0.2, -0.15) is 26.3 Å². The number of aliphatic carboxylic acids is 2. The lowest BCUT2D eigenvalue weighted by Gasteiger charge is -2.37. The number of pyridine rings is 1. The molecule has 2 aliphatic rings. The molecule has 0 radical (unpaired) electrons. The lowest BCUT2D eigenvalue weighted by Crippen LogP contribution is -2.52. The van der Waals surface area contributed by atoms with Crippen LogP contribution in [-0.4, -0.2) is 93.5 Å². The zero-order valence-corrected chi connectivity index (χ0v) is 20.6. The van der Waals surface area contributed by atoms with Crippen LogP contribution in [0.5, 0.6) is 5.75 Å². The van der Waals surface area contributed by atoms with Crippen molar-refractivity contribution in [1.82, 2.24) is 14.8 Å². The number of ether oxygens (including phenoxy) is 1. The maximum Gasteiger partial charge on any atom is 0.490 e. The number of halogens is 7. The first-order valence-corrected chi connectivity index (χ1v) is 11.4. The van der Waals surface area contributed by atoms with Crippen LogP contribution in [0.15, 0.2) is 48.8 Å². The number of rotatable bonds is 3. The third-order valence-electron chi connectivity index (χ3n) is 5.36. The molecule has 3 heterocycles. The normalized spacial score (nSPS) is 19.0. The number of carboxylic acid groups (broad SMARTS) is 2. The van der Waals surface area contributed by atoms with E-state index in [1.165, 1.54) is 0 Å². The lowest BCUT2D eigenvalue weighted by molar-refractivity contribution is -0.193. The van der Waals surface area contributed by atoms with Gasteiger partial charge >= 0.3 is 24.3 Å². The van der Waals surface area contributed by atoms with E-state index in [2.05, 4.69) is 9.88 Å². The summed E-state index contributed by atoms with van der Waals surface area (Å²) in [6, 6.07) is 11.3. The molecule has 1 amide bonds. The number of aromatic nitrogens is 1. The second-order valence-electron chi connectivity index (χ2n) is 8.18. The first-order chi connectivity index (χ1) is 18.1. The van der Waals surface area contributed by atoms with E-state index in [0.717, 1.165) is 38.3 Å². The smallest absolute Gasteiger partial charge is 0.487 e. The summed E-state index contributed by atoms with van der Waals surface area (Å²) in [5.74, 6) is -4.65. The van der Waals surface area contributed by atoms with Crippen molar-refractivity contribution in [3.8, 4) is 5.75 Å². The fourth-order valence-corrected chi connectivity index (χ4v) is 3.87. The number of alkyl halides is 6. The van der Waals surface area contributed by atoms with Crippen LogP contribution in [0.3, 0.4) is 0 Å². The summed E-state index contributed by atoms with van der Waals surface area (Å²) in [6.45, 7) is 3.25. The number of carbonyl (C=O) groups is 3. The Hall–Kier alpha value is -3.59. The molecule has 2 aliphatic heterocycles. The predicted molar refractivity (Wildman–Crippen MR) is 123 cm³/mol. The van der Waals surface area contributed by atoms with Crippen LogP contribution < -0.4 is 4.74 Å².